The third kappa shape index (κ3) is 6.00. The van der Waals surface area contributed by atoms with Gasteiger partial charge in [-0.3, -0.25) is 24.2 Å². The second-order valence-corrected chi connectivity index (χ2v) is 12.3. The van der Waals surface area contributed by atoms with Gasteiger partial charge in [0.2, 0.25) is 11.5 Å². The van der Waals surface area contributed by atoms with Gasteiger partial charge >= 0.3 is 0 Å². The van der Waals surface area contributed by atoms with Gasteiger partial charge < -0.3 is 10.3 Å². The highest BCUT2D eigenvalue weighted by atomic mass is 16.2. The van der Waals surface area contributed by atoms with Crippen molar-refractivity contribution in [1.82, 2.24) is 15.2 Å². The van der Waals surface area contributed by atoms with Crippen molar-refractivity contribution in [3.63, 3.8) is 0 Å². The maximum absolute atomic E-state index is 14.5. The number of fused-ring (bicyclic) bond motifs is 1. The van der Waals surface area contributed by atoms with Crippen LogP contribution in [0, 0.1) is 11.5 Å². The second-order valence-electron chi connectivity index (χ2n) is 12.3. The lowest BCUT2D eigenvalue weighted by Crippen LogP contribution is -2.52. The number of nitriles is 1. The van der Waals surface area contributed by atoms with Crippen molar-refractivity contribution in [1.29, 1.82) is 5.26 Å². The molecular weight excluding hydrogens is 514 g/mol. The van der Waals surface area contributed by atoms with Crippen LogP contribution in [0.15, 0.2) is 59.4 Å². The van der Waals surface area contributed by atoms with Gasteiger partial charge in [0, 0.05) is 35.2 Å². The Morgan fingerprint density at radius 3 is 2.41 bits per heavy atom. The number of likely N-dealkylation sites (tertiary alicyclic amines) is 1. The van der Waals surface area contributed by atoms with Crippen LogP contribution >= 0.6 is 0 Å². The van der Waals surface area contributed by atoms with Crippen molar-refractivity contribution >= 4 is 28.4 Å². The van der Waals surface area contributed by atoms with Gasteiger partial charge in [-0.1, -0.05) is 70.4 Å². The van der Waals surface area contributed by atoms with E-state index in [-0.39, 0.29) is 28.8 Å². The van der Waals surface area contributed by atoms with Gasteiger partial charge in [-0.2, -0.15) is 5.26 Å². The zero-order valence-electron chi connectivity index (χ0n) is 24.2. The first kappa shape index (κ1) is 28.4. The number of anilines is 1. The molecule has 1 aliphatic carbocycles. The van der Waals surface area contributed by atoms with Crippen molar-refractivity contribution in [3.8, 4) is 6.19 Å². The Morgan fingerprint density at radius 1 is 1.02 bits per heavy atom. The summed E-state index contributed by atoms with van der Waals surface area (Å²) in [5.74, 6) is -0.636. The predicted octanol–water partition coefficient (Wildman–Crippen LogP) is 5.29. The number of nitrogens with zero attached hydrogens (tertiary/aromatic N) is 3. The first-order chi connectivity index (χ1) is 19.7. The number of para-hydroxylation sites is 1. The molecule has 0 radical (unpaired) electrons. The molecule has 214 valence electrons. The number of carbonyl (C=O) groups is 2. The van der Waals surface area contributed by atoms with E-state index in [1.165, 1.54) is 15.9 Å². The molecular formula is C33H39N5O3. The molecule has 41 heavy (non-hydrogen) atoms. The van der Waals surface area contributed by atoms with Crippen molar-refractivity contribution < 1.29 is 9.59 Å². The molecule has 2 unspecified atom stereocenters. The molecule has 0 bridgehead atoms. The molecule has 1 aliphatic heterocycles. The van der Waals surface area contributed by atoms with Gasteiger partial charge in [0.05, 0.1) is 0 Å². The smallest absolute Gasteiger partial charge is 0.251 e. The summed E-state index contributed by atoms with van der Waals surface area (Å²) in [6.07, 6.45) is 8.40. The zero-order valence-corrected chi connectivity index (χ0v) is 24.2. The highest BCUT2D eigenvalue weighted by Gasteiger charge is 2.41. The van der Waals surface area contributed by atoms with Gasteiger partial charge in [-0.25, -0.2) is 0 Å². The minimum atomic E-state index is -1.10. The molecule has 8 heteroatoms. The third-order valence-electron chi connectivity index (χ3n) is 8.45. The van der Waals surface area contributed by atoms with Gasteiger partial charge in [-0.05, 0) is 60.4 Å². The van der Waals surface area contributed by atoms with Crippen molar-refractivity contribution in [2.45, 2.75) is 89.3 Å². The minimum Gasteiger partial charge on any atom is -0.351 e. The number of carbonyl (C=O) groups excluding carboxylic acids is 2. The van der Waals surface area contributed by atoms with E-state index < -0.39 is 12.1 Å². The summed E-state index contributed by atoms with van der Waals surface area (Å²) in [4.78, 5) is 47.7. The van der Waals surface area contributed by atoms with Crippen LogP contribution in [0.1, 0.15) is 82.9 Å². The molecule has 0 spiro atoms. The van der Waals surface area contributed by atoms with Crippen LogP contribution in [0.4, 0.5) is 5.69 Å². The molecule has 1 aromatic heterocycles. The number of hydrogen-bond acceptors (Lipinski definition) is 5. The Bertz CT molecular complexity index is 1510. The molecule has 2 fully saturated rings. The molecule has 2 atom stereocenters. The Balaban J connectivity index is 1.69. The number of rotatable bonds is 6. The molecule has 3 aromatic rings. The normalized spacial score (nSPS) is 18.6. The summed E-state index contributed by atoms with van der Waals surface area (Å²) in [6, 6.07) is 14.7. The molecule has 5 rings (SSSR count). The van der Waals surface area contributed by atoms with E-state index in [0.29, 0.717) is 41.5 Å². The second kappa shape index (κ2) is 11.8. The number of hydrogen-bond donors (Lipinski definition) is 2. The minimum absolute atomic E-state index is 0.00863. The number of pyridine rings is 1. The topological polar surface area (TPSA) is 109 Å². The van der Waals surface area contributed by atoms with E-state index >= 15 is 0 Å². The summed E-state index contributed by atoms with van der Waals surface area (Å²) in [5.41, 5.74) is 2.27. The van der Waals surface area contributed by atoms with Crippen LogP contribution in [-0.2, 0) is 15.0 Å². The average molecular weight is 554 g/mol. The van der Waals surface area contributed by atoms with Crippen LogP contribution in [0.3, 0.4) is 0 Å². The molecule has 2 heterocycles. The van der Waals surface area contributed by atoms with E-state index in [0.717, 1.165) is 37.7 Å². The van der Waals surface area contributed by atoms with E-state index in [9.17, 15) is 19.6 Å². The average Bonchev–Trinajstić information content (AvgIpc) is 3.44. The fourth-order valence-electron chi connectivity index (χ4n) is 6.21. The number of nitrogens with one attached hydrogen (secondary N) is 2. The summed E-state index contributed by atoms with van der Waals surface area (Å²) >= 11 is 0. The van der Waals surface area contributed by atoms with Crippen molar-refractivity contribution in [2.75, 3.05) is 11.4 Å². The summed E-state index contributed by atoms with van der Waals surface area (Å²) in [6.45, 7) is 6.86. The SMILES string of the molecule is CC(C)(C)c1ccc(N(C(=O)C2CCCN2C#N)C(C(=O)NC2CCCCC2)c2cc(=O)[nH]c3ccccc23)cc1. The molecule has 2 aromatic carbocycles. The molecule has 1 saturated heterocycles. The predicted molar refractivity (Wildman–Crippen MR) is 160 cm³/mol. The molecule has 2 N–H and O–H groups in total. The molecule has 1 saturated carbocycles. The van der Waals surface area contributed by atoms with Crippen molar-refractivity contribution in [3.05, 3.63) is 76.1 Å². The fraction of sp³-hybridized carbons (Fsp3) is 0.455. The van der Waals surface area contributed by atoms with E-state index in [1.807, 2.05) is 42.5 Å². The van der Waals surface area contributed by atoms with E-state index in [1.54, 1.807) is 6.07 Å². The summed E-state index contributed by atoms with van der Waals surface area (Å²) < 4.78 is 0. The first-order valence-corrected chi connectivity index (χ1v) is 14.7. The van der Waals surface area contributed by atoms with Crippen LogP contribution in [0.25, 0.3) is 10.9 Å². The Hall–Kier alpha value is -4.12. The number of aromatic nitrogens is 1. The van der Waals surface area contributed by atoms with E-state index in [4.69, 9.17) is 0 Å². The Labute approximate surface area is 241 Å². The van der Waals surface area contributed by atoms with Crippen molar-refractivity contribution in [2.24, 2.45) is 0 Å². The lowest BCUT2D eigenvalue weighted by atomic mass is 9.87. The quantitative estimate of drug-likeness (QED) is 0.403. The monoisotopic (exact) mass is 553 g/mol. The maximum atomic E-state index is 14.5. The molecule has 2 aliphatic rings. The number of amides is 2. The van der Waals surface area contributed by atoms with Crippen LogP contribution in [0.5, 0.6) is 0 Å². The zero-order chi connectivity index (χ0) is 29.1. The van der Waals surface area contributed by atoms with Gasteiger partial charge in [0.15, 0.2) is 6.19 Å². The van der Waals surface area contributed by atoms with Gasteiger partial charge in [0.25, 0.3) is 5.91 Å². The lowest BCUT2D eigenvalue weighted by molar-refractivity contribution is -0.128. The standard InChI is InChI=1S/C33H39N5O3/c1-33(2,3)22-15-17-24(18-16-22)38(32(41)28-14-9-19-37(28)21-34)30(31(40)35-23-10-5-4-6-11-23)26-20-29(39)36-27-13-8-7-12-25(26)27/h7-8,12-13,15-18,20,23,28,30H,4-6,9-11,14,19H2,1-3H3,(H,35,40)(H,36,39). The van der Waals surface area contributed by atoms with E-state index in [2.05, 4.69) is 37.3 Å². The first-order valence-electron chi connectivity index (χ1n) is 14.7. The number of H-pyrrole nitrogens is 1. The lowest BCUT2D eigenvalue weighted by Gasteiger charge is -2.36. The van der Waals surface area contributed by atoms with Crippen LogP contribution < -0.4 is 15.8 Å². The largest absolute Gasteiger partial charge is 0.351 e. The fourth-order valence-corrected chi connectivity index (χ4v) is 6.21. The number of benzene rings is 2. The highest BCUT2D eigenvalue weighted by Crippen LogP contribution is 2.35. The number of aromatic amines is 1. The van der Waals surface area contributed by atoms with Gasteiger partial charge in [0.1, 0.15) is 12.1 Å². The van der Waals surface area contributed by atoms with Crippen LogP contribution in [-0.4, -0.2) is 40.3 Å². The Kier molecular flexibility index (Phi) is 8.16. The maximum Gasteiger partial charge on any atom is 0.251 e. The molecule has 8 nitrogen and oxygen atoms in total. The summed E-state index contributed by atoms with van der Waals surface area (Å²) in [7, 11) is 0. The van der Waals surface area contributed by atoms with Gasteiger partial charge in [-0.15, -0.1) is 0 Å². The Morgan fingerprint density at radius 2 is 1.73 bits per heavy atom. The highest BCUT2D eigenvalue weighted by molar-refractivity contribution is 6.05. The van der Waals surface area contributed by atoms with Crippen LogP contribution in [0.2, 0.25) is 0 Å². The molecule has 2 amide bonds. The summed E-state index contributed by atoms with van der Waals surface area (Å²) in [5, 5.41) is 13.7. The third-order valence-corrected chi connectivity index (χ3v) is 8.45.